The number of benzene rings is 1. The lowest BCUT2D eigenvalue weighted by molar-refractivity contribution is -0.117. The van der Waals surface area contributed by atoms with Crippen LogP contribution >= 0.6 is 0 Å². The van der Waals surface area contributed by atoms with Crippen LogP contribution in [0.3, 0.4) is 0 Å². The van der Waals surface area contributed by atoms with Crippen molar-refractivity contribution in [2.45, 2.75) is 38.6 Å². The van der Waals surface area contributed by atoms with Crippen molar-refractivity contribution in [3.63, 3.8) is 0 Å². The molecule has 0 spiro atoms. The number of ketones is 1. The molecule has 1 amide bonds. The minimum Gasteiger partial charge on any atom is -0.503 e. The minimum absolute atomic E-state index is 0.195. The quantitative estimate of drug-likeness (QED) is 0.842. The molecule has 1 aliphatic heterocycles. The van der Waals surface area contributed by atoms with E-state index in [1.807, 2.05) is 12.1 Å². The van der Waals surface area contributed by atoms with Crippen LogP contribution in [-0.2, 0) is 9.59 Å². The van der Waals surface area contributed by atoms with Gasteiger partial charge in [-0.2, -0.15) is 0 Å². The van der Waals surface area contributed by atoms with Gasteiger partial charge in [-0.05, 0) is 56.4 Å². The van der Waals surface area contributed by atoms with E-state index >= 15 is 0 Å². The molecule has 1 aromatic heterocycles. The number of H-pyrrole nitrogens is 1. The fraction of sp³-hybridized carbons (Fsp3) is 0.316. The van der Waals surface area contributed by atoms with E-state index in [0.717, 1.165) is 42.3 Å². The molecule has 2 aromatic rings. The van der Waals surface area contributed by atoms with Gasteiger partial charge in [0.15, 0.2) is 11.5 Å². The SMILES string of the molecule is CC(=O)C1=C(O)C(=O)N(c2ccc3[nH]cnc3c2)C1C1=CCCCC1. The van der Waals surface area contributed by atoms with Gasteiger partial charge in [-0.1, -0.05) is 6.08 Å². The lowest BCUT2D eigenvalue weighted by Gasteiger charge is -2.30. The summed E-state index contributed by atoms with van der Waals surface area (Å²) in [6.07, 6.45) is 7.58. The van der Waals surface area contributed by atoms with E-state index in [9.17, 15) is 14.7 Å². The molecule has 0 radical (unpaired) electrons. The highest BCUT2D eigenvalue weighted by Crippen LogP contribution is 2.38. The van der Waals surface area contributed by atoms with Gasteiger partial charge in [-0.15, -0.1) is 0 Å². The number of nitrogens with zero attached hydrogens (tertiary/aromatic N) is 2. The van der Waals surface area contributed by atoms with Crippen molar-refractivity contribution in [2.24, 2.45) is 0 Å². The Bertz CT molecular complexity index is 938. The summed E-state index contributed by atoms with van der Waals surface area (Å²) >= 11 is 0. The number of fused-ring (bicyclic) bond motifs is 1. The van der Waals surface area contributed by atoms with Gasteiger partial charge in [0, 0.05) is 5.69 Å². The Morgan fingerprint density at radius 3 is 2.92 bits per heavy atom. The Morgan fingerprint density at radius 2 is 2.20 bits per heavy atom. The fourth-order valence-electron chi connectivity index (χ4n) is 3.76. The molecule has 1 unspecified atom stereocenters. The zero-order valence-corrected chi connectivity index (χ0v) is 14.0. The number of Topliss-reactive ketones (excluding diaryl/α,β-unsaturated/α-hetero) is 1. The maximum absolute atomic E-state index is 12.8. The summed E-state index contributed by atoms with van der Waals surface area (Å²) in [4.78, 5) is 33.7. The standard InChI is InChI=1S/C19H19N3O3/c1-11(23)16-17(12-5-3-2-4-6-12)22(19(25)18(16)24)13-7-8-14-15(9-13)21-10-20-14/h5,7-10,17,24H,2-4,6H2,1H3,(H,20,21). The van der Waals surface area contributed by atoms with Gasteiger partial charge in [-0.25, -0.2) is 4.98 Å². The maximum atomic E-state index is 12.8. The summed E-state index contributed by atoms with van der Waals surface area (Å²) in [6.45, 7) is 1.40. The molecule has 0 bridgehead atoms. The van der Waals surface area contributed by atoms with Crippen LogP contribution in [0.5, 0.6) is 0 Å². The molecule has 6 heteroatoms. The molecule has 2 N–H and O–H groups in total. The number of hydrogen-bond acceptors (Lipinski definition) is 4. The number of rotatable bonds is 3. The third-order valence-electron chi connectivity index (χ3n) is 4.95. The molecule has 4 rings (SSSR count). The van der Waals surface area contributed by atoms with Gasteiger partial charge < -0.3 is 10.1 Å². The van der Waals surface area contributed by atoms with Crippen molar-refractivity contribution in [1.82, 2.24) is 9.97 Å². The van der Waals surface area contributed by atoms with E-state index in [1.54, 1.807) is 12.4 Å². The van der Waals surface area contributed by atoms with Crippen molar-refractivity contribution in [3.8, 4) is 0 Å². The van der Waals surface area contributed by atoms with Crippen molar-refractivity contribution < 1.29 is 14.7 Å². The molecule has 6 nitrogen and oxygen atoms in total. The molecular formula is C19H19N3O3. The van der Waals surface area contributed by atoms with Crippen LogP contribution in [0.2, 0.25) is 0 Å². The smallest absolute Gasteiger partial charge is 0.294 e. The van der Waals surface area contributed by atoms with E-state index in [1.165, 1.54) is 11.8 Å². The normalized spacial score (nSPS) is 21.2. The van der Waals surface area contributed by atoms with Gasteiger partial charge >= 0.3 is 0 Å². The maximum Gasteiger partial charge on any atom is 0.294 e. The van der Waals surface area contributed by atoms with Gasteiger partial charge in [0.25, 0.3) is 5.91 Å². The molecule has 2 heterocycles. The molecule has 1 aromatic carbocycles. The van der Waals surface area contributed by atoms with E-state index in [2.05, 4.69) is 16.0 Å². The Balaban J connectivity index is 1.85. The second-order valence-electron chi connectivity index (χ2n) is 6.52. The van der Waals surface area contributed by atoms with Crippen molar-refractivity contribution >= 4 is 28.4 Å². The summed E-state index contributed by atoms with van der Waals surface area (Å²) in [5.41, 5.74) is 3.45. The first kappa shape index (κ1) is 15.6. The summed E-state index contributed by atoms with van der Waals surface area (Å²) in [5, 5.41) is 10.4. The first-order chi connectivity index (χ1) is 12.1. The Hall–Kier alpha value is -2.89. The van der Waals surface area contributed by atoms with E-state index in [-0.39, 0.29) is 11.4 Å². The average molecular weight is 337 g/mol. The van der Waals surface area contributed by atoms with Gasteiger partial charge in [0.2, 0.25) is 0 Å². The number of carbonyl (C=O) groups is 2. The molecule has 25 heavy (non-hydrogen) atoms. The highest BCUT2D eigenvalue weighted by molar-refractivity contribution is 6.17. The fourth-order valence-corrected chi connectivity index (χ4v) is 3.76. The molecule has 0 fully saturated rings. The number of imidazole rings is 1. The molecule has 1 atom stereocenters. The average Bonchev–Trinajstić information content (AvgIpc) is 3.18. The van der Waals surface area contributed by atoms with Crippen molar-refractivity contribution in [2.75, 3.05) is 4.90 Å². The largest absolute Gasteiger partial charge is 0.503 e. The third kappa shape index (κ3) is 2.45. The van der Waals surface area contributed by atoms with Crippen LogP contribution in [0.25, 0.3) is 11.0 Å². The van der Waals surface area contributed by atoms with Crippen LogP contribution < -0.4 is 4.90 Å². The lowest BCUT2D eigenvalue weighted by Crippen LogP contribution is -2.38. The Labute approximate surface area is 144 Å². The lowest BCUT2D eigenvalue weighted by atomic mass is 9.88. The summed E-state index contributed by atoms with van der Waals surface area (Å²) in [5.74, 6) is -1.24. The summed E-state index contributed by atoms with van der Waals surface area (Å²) < 4.78 is 0. The first-order valence-electron chi connectivity index (χ1n) is 8.47. The number of anilines is 1. The van der Waals surface area contributed by atoms with E-state index in [4.69, 9.17) is 0 Å². The summed E-state index contributed by atoms with van der Waals surface area (Å²) in [6, 6.07) is 4.93. The van der Waals surface area contributed by atoms with Crippen molar-refractivity contribution in [3.05, 3.63) is 47.5 Å². The number of hydrogen-bond donors (Lipinski definition) is 2. The van der Waals surface area contributed by atoms with Crippen LogP contribution in [0.15, 0.2) is 47.5 Å². The number of carbonyl (C=O) groups excluding carboxylic acids is 2. The van der Waals surface area contributed by atoms with Crippen molar-refractivity contribution in [1.29, 1.82) is 0 Å². The molecular weight excluding hydrogens is 318 g/mol. The number of aliphatic hydroxyl groups is 1. The number of aliphatic hydroxyl groups excluding tert-OH is 1. The second kappa shape index (κ2) is 5.88. The monoisotopic (exact) mass is 337 g/mol. The van der Waals surface area contributed by atoms with Gasteiger partial charge in [0.05, 0.1) is 29.0 Å². The Kier molecular flexibility index (Phi) is 3.67. The predicted octanol–water partition coefficient (Wildman–Crippen LogP) is 3.18. The highest BCUT2D eigenvalue weighted by atomic mass is 16.3. The number of nitrogens with one attached hydrogen (secondary N) is 1. The number of allylic oxidation sites excluding steroid dienone is 1. The van der Waals surface area contributed by atoms with Crippen LogP contribution in [0, 0.1) is 0 Å². The third-order valence-corrected chi connectivity index (χ3v) is 4.95. The zero-order chi connectivity index (χ0) is 17.6. The van der Waals surface area contributed by atoms with Gasteiger partial charge in [0.1, 0.15) is 0 Å². The number of amides is 1. The van der Waals surface area contributed by atoms with Crippen LogP contribution in [0.1, 0.15) is 32.6 Å². The minimum atomic E-state index is -0.531. The second-order valence-corrected chi connectivity index (χ2v) is 6.52. The summed E-state index contributed by atoms with van der Waals surface area (Å²) in [7, 11) is 0. The number of aromatic nitrogens is 2. The molecule has 0 saturated heterocycles. The van der Waals surface area contributed by atoms with Crippen LogP contribution in [0.4, 0.5) is 5.69 Å². The van der Waals surface area contributed by atoms with E-state index in [0.29, 0.717) is 5.69 Å². The molecule has 2 aliphatic rings. The molecule has 1 aliphatic carbocycles. The predicted molar refractivity (Wildman–Crippen MR) is 94.3 cm³/mol. The zero-order valence-electron chi connectivity index (χ0n) is 14.0. The topological polar surface area (TPSA) is 86.3 Å². The highest BCUT2D eigenvalue weighted by Gasteiger charge is 2.44. The van der Waals surface area contributed by atoms with E-state index < -0.39 is 17.7 Å². The van der Waals surface area contributed by atoms with Crippen LogP contribution in [-0.4, -0.2) is 32.8 Å². The van der Waals surface area contributed by atoms with Gasteiger partial charge in [-0.3, -0.25) is 14.5 Å². The number of aromatic amines is 1. The molecule has 0 saturated carbocycles. The Morgan fingerprint density at radius 1 is 1.36 bits per heavy atom. The first-order valence-corrected chi connectivity index (χ1v) is 8.47. The molecule has 128 valence electrons.